The van der Waals surface area contributed by atoms with E-state index >= 15 is 0 Å². The smallest absolute Gasteiger partial charge is 0.417 e. The molecule has 0 aliphatic carbocycles. The molecule has 0 aromatic heterocycles. The van der Waals surface area contributed by atoms with Crippen molar-refractivity contribution in [3.63, 3.8) is 0 Å². The standard InChI is InChI=1S/C17H14ClF3N2O3/c18-14-7-6-12(8-13(14)17(19,20)21)23-15(24)9-22-16(25)26-10-11-4-2-1-3-5-11/h1-8H,9-10H2,(H,22,25)(H,23,24). The topological polar surface area (TPSA) is 67.4 Å². The van der Waals surface area contributed by atoms with E-state index in [9.17, 15) is 22.8 Å². The number of alkyl halides is 3. The molecule has 2 N–H and O–H groups in total. The fourth-order valence-corrected chi connectivity index (χ4v) is 2.18. The Morgan fingerprint density at radius 3 is 2.42 bits per heavy atom. The average molecular weight is 387 g/mol. The normalized spacial score (nSPS) is 10.9. The van der Waals surface area contributed by atoms with Crippen LogP contribution in [0.2, 0.25) is 5.02 Å². The van der Waals surface area contributed by atoms with Crippen molar-refractivity contribution in [3.8, 4) is 0 Å². The van der Waals surface area contributed by atoms with Gasteiger partial charge in [0.2, 0.25) is 5.91 Å². The molecule has 0 fully saturated rings. The fraction of sp³-hybridized carbons (Fsp3) is 0.176. The highest BCUT2D eigenvalue weighted by atomic mass is 35.5. The van der Waals surface area contributed by atoms with Crippen LogP contribution in [0.1, 0.15) is 11.1 Å². The number of halogens is 4. The Morgan fingerprint density at radius 2 is 1.77 bits per heavy atom. The predicted molar refractivity (Wildman–Crippen MR) is 89.7 cm³/mol. The molecule has 0 aliphatic heterocycles. The summed E-state index contributed by atoms with van der Waals surface area (Å²) in [7, 11) is 0. The minimum Gasteiger partial charge on any atom is -0.445 e. The molecule has 5 nitrogen and oxygen atoms in total. The highest BCUT2D eigenvalue weighted by Gasteiger charge is 2.33. The zero-order valence-electron chi connectivity index (χ0n) is 13.3. The van der Waals surface area contributed by atoms with Gasteiger partial charge in [-0.3, -0.25) is 4.79 Å². The lowest BCUT2D eigenvalue weighted by Gasteiger charge is -2.12. The Labute approximate surface area is 152 Å². The monoisotopic (exact) mass is 386 g/mol. The van der Waals surface area contributed by atoms with Crippen LogP contribution in [0.5, 0.6) is 0 Å². The molecule has 2 aromatic rings. The van der Waals surface area contributed by atoms with Crippen LogP contribution in [-0.4, -0.2) is 18.5 Å². The summed E-state index contributed by atoms with van der Waals surface area (Å²) in [5, 5.41) is 3.98. The molecule has 9 heteroatoms. The van der Waals surface area contributed by atoms with Crippen molar-refractivity contribution >= 4 is 29.3 Å². The van der Waals surface area contributed by atoms with Gasteiger partial charge in [-0.15, -0.1) is 0 Å². The first-order valence-electron chi connectivity index (χ1n) is 7.37. The maximum atomic E-state index is 12.8. The first-order valence-corrected chi connectivity index (χ1v) is 7.74. The van der Waals surface area contributed by atoms with Crippen molar-refractivity contribution < 1.29 is 27.5 Å². The van der Waals surface area contributed by atoms with E-state index < -0.39 is 35.3 Å². The lowest BCUT2D eigenvalue weighted by atomic mass is 10.2. The summed E-state index contributed by atoms with van der Waals surface area (Å²) in [6, 6.07) is 11.9. The first kappa shape index (κ1) is 19.6. The number of benzene rings is 2. The van der Waals surface area contributed by atoms with E-state index in [0.717, 1.165) is 11.6 Å². The third-order valence-corrected chi connectivity index (χ3v) is 3.49. The van der Waals surface area contributed by atoms with E-state index in [2.05, 4.69) is 10.6 Å². The molecule has 0 radical (unpaired) electrons. The molecule has 0 saturated heterocycles. The minimum absolute atomic E-state index is 0.0282. The third-order valence-electron chi connectivity index (χ3n) is 3.16. The lowest BCUT2D eigenvalue weighted by molar-refractivity contribution is -0.137. The summed E-state index contributed by atoms with van der Waals surface area (Å²) >= 11 is 5.50. The number of nitrogens with one attached hydrogen (secondary N) is 2. The Bertz CT molecular complexity index is 783. The van der Waals surface area contributed by atoms with E-state index in [1.807, 2.05) is 6.07 Å². The molecular formula is C17H14ClF3N2O3. The van der Waals surface area contributed by atoms with Gasteiger partial charge in [-0.05, 0) is 23.8 Å². The largest absolute Gasteiger partial charge is 0.445 e. The Kier molecular flexibility index (Phi) is 6.46. The van der Waals surface area contributed by atoms with E-state index in [4.69, 9.17) is 16.3 Å². The molecule has 0 spiro atoms. The van der Waals surface area contributed by atoms with Gasteiger partial charge in [-0.25, -0.2) is 4.79 Å². The molecule has 2 rings (SSSR count). The van der Waals surface area contributed by atoms with E-state index in [1.54, 1.807) is 24.3 Å². The summed E-state index contributed by atoms with van der Waals surface area (Å²) < 4.78 is 43.2. The Balaban J connectivity index is 1.82. The van der Waals surface area contributed by atoms with Crippen LogP contribution >= 0.6 is 11.6 Å². The van der Waals surface area contributed by atoms with E-state index in [1.165, 1.54) is 6.07 Å². The maximum absolute atomic E-state index is 12.8. The molecule has 0 saturated carbocycles. The molecule has 0 bridgehead atoms. The summed E-state index contributed by atoms with van der Waals surface area (Å²) in [4.78, 5) is 23.3. The van der Waals surface area contributed by atoms with Gasteiger partial charge in [0.15, 0.2) is 0 Å². The fourth-order valence-electron chi connectivity index (χ4n) is 1.95. The summed E-state index contributed by atoms with van der Waals surface area (Å²) in [5.74, 6) is -0.711. The van der Waals surface area contributed by atoms with Gasteiger partial charge in [0, 0.05) is 5.69 Å². The number of amides is 2. The van der Waals surface area contributed by atoms with Gasteiger partial charge in [-0.2, -0.15) is 13.2 Å². The van der Waals surface area contributed by atoms with Gasteiger partial charge in [0.25, 0.3) is 0 Å². The number of anilines is 1. The Hall–Kier alpha value is -2.74. The molecule has 0 unspecified atom stereocenters. The molecule has 2 aromatic carbocycles. The van der Waals surface area contributed by atoms with Crippen molar-refractivity contribution in [2.24, 2.45) is 0 Å². The van der Waals surface area contributed by atoms with E-state index in [-0.39, 0.29) is 12.3 Å². The highest BCUT2D eigenvalue weighted by Crippen LogP contribution is 2.36. The lowest BCUT2D eigenvalue weighted by Crippen LogP contribution is -2.33. The van der Waals surface area contributed by atoms with Crippen molar-refractivity contribution in [2.75, 3.05) is 11.9 Å². The number of carbonyl (C=O) groups excluding carboxylic acids is 2. The number of carbonyl (C=O) groups is 2. The summed E-state index contributed by atoms with van der Waals surface area (Å²) in [6.07, 6.45) is -5.46. The summed E-state index contributed by atoms with van der Waals surface area (Å²) in [5.41, 5.74) is -0.383. The summed E-state index contributed by atoms with van der Waals surface area (Å²) in [6.45, 7) is -0.433. The van der Waals surface area contributed by atoms with Crippen LogP contribution in [0.15, 0.2) is 48.5 Å². The van der Waals surface area contributed by atoms with Crippen molar-refractivity contribution in [1.29, 1.82) is 0 Å². The molecule has 0 heterocycles. The molecular weight excluding hydrogens is 373 g/mol. The zero-order chi connectivity index (χ0) is 19.2. The zero-order valence-corrected chi connectivity index (χ0v) is 14.0. The van der Waals surface area contributed by atoms with E-state index in [0.29, 0.717) is 6.07 Å². The molecule has 2 amide bonds. The quantitative estimate of drug-likeness (QED) is 0.808. The second-order valence-electron chi connectivity index (χ2n) is 5.16. The molecule has 0 aliphatic rings. The van der Waals surface area contributed by atoms with Crippen LogP contribution in [0, 0.1) is 0 Å². The number of ether oxygens (including phenoxy) is 1. The second kappa shape index (κ2) is 8.57. The van der Waals surface area contributed by atoms with Gasteiger partial charge in [0.05, 0.1) is 10.6 Å². The number of alkyl carbamates (subject to hydrolysis) is 1. The predicted octanol–water partition coefficient (Wildman–Crippen LogP) is 4.22. The second-order valence-corrected chi connectivity index (χ2v) is 5.56. The van der Waals surface area contributed by atoms with Gasteiger partial charge in [-0.1, -0.05) is 41.9 Å². The van der Waals surface area contributed by atoms with Crippen molar-refractivity contribution in [3.05, 3.63) is 64.7 Å². The molecule has 0 atom stereocenters. The highest BCUT2D eigenvalue weighted by molar-refractivity contribution is 6.31. The Morgan fingerprint density at radius 1 is 1.08 bits per heavy atom. The maximum Gasteiger partial charge on any atom is 0.417 e. The van der Waals surface area contributed by atoms with Crippen LogP contribution < -0.4 is 10.6 Å². The minimum atomic E-state index is -4.64. The van der Waals surface area contributed by atoms with Gasteiger partial charge >= 0.3 is 12.3 Å². The van der Waals surface area contributed by atoms with Crippen LogP contribution in [-0.2, 0) is 22.3 Å². The number of rotatable bonds is 5. The van der Waals surface area contributed by atoms with Crippen molar-refractivity contribution in [2.45, 2.75) is 12.8 Å². The third kappa shape index (κ3) is 5.96. The van der Waals surface area contributed by atoms with Crippen LogP contribution in [0.3, 0.4) is 0 Å². The van der Waals surface area contributed by atoms with Gasteiger partial charge < -0.3 is 15.4 Å². The number of hydrogen-bond acceptors (Lipinski definition) is 3. The molecule has 26 heavy (non-hydrogen) atoms. The van der Waals surface area contributed by atoms with Gasteiger partial charge in [0.1, 0.15) is 13.2 Å². The SMILES string of the molecule is O=C(CNC(=O)OCc1ccccc1)Nc1ccc(Cl)c(C(F)(F)F)c1. The first-order chi connectivity index (χ1) is 12.3. The van der Waals surface area contributed by atoms with Crippen molar-refractivity contribution in [1.82, 2.24) is 5.32 Å². The van der Waals surface area contributed by atoms with Crippen LogP contribution in [0.25, 0.3) is 0 Å². The molecule has 138 valence electrons. The number of hydrogen-bond donors (Lipinski definition) is 2. The average Bonchev–Trinajstić information content (AvgIpc) is 2.60. The van der Waals surface area contributed by atoms with Crippen LogP contribution in [0.4, 0.5) is 23.7 Å².